The number of aromatic nitrogens is 2. The van der Waals surface area contributed by atoms with Crippen LogP contribution in [0.2, 0.25) is 0 Å². The Bertz CT molecular complexity index is 874. The molecule has 0 aliphatic rings. The highest BCUT2D eigenvalue weighted by Gasteiger charge is 2.06. The third-order valence-electron chi connectivity index (χ3n) is 3.72. The Balaban J connectivity index is 1.46. The summed E-state index contributed by atoms with van der Waals surface area (Å²) in [5, 5.41) is 20.7. The number of rotatable bonds is 7. The van der Waals surface area contributed by atoms with Crippen molar-refractivity contribution in [1.82, 2.24) is 15.1 Å². The van der Waals surface area contributed by atoms with Crippen LogP contribution in [0.5, 0.6) is 0 Å². The van der Waals surface area contributed by atoms with Gasteiger partial charge in [0.1, 0.15) is 0 Å². The van der Waals surface area contributed by atoms with Crippen molar-refractivity contribution in [3.8, 4) is 5.69 Å². The average molecular weight is 351 g/mol. The zero-order chi connectivity index (χ0) is 18.4. The zero-order valence-corrected chi connectivity index (χ0v) is 13.8. The third kappa shape index (κ3) is 4.23. The predicted octanol–water partition coefficient (Wildman–Crippen LogP) is 2.62. The largest absolute Gasteiger partial charge is 0.383 e. The molecule has 132 valence electrons. The molecule has 0 saturated carbocycles. The van der Waals surface area contributed by atoms with E-state index < -0.39 is 4.92 Å². The molecule has 3 aromatic rings. The number of benzene rings is 2. The second kappa shape index (κ2) is 7.93. The molecular weight excluding hydrogens is 334 g/mol. The molecule has 2 N–H and O–H groups in total. The number of hydrogen-bond acceptors (Lipinski definition) is 5. The fourth-order valence-electron chi connectivity index (χ4n) is 2.37. The smallest absolute Gasteiger partial charge is 0.269 e. The fraction of sp³-hybridized carbons (Fsp3) is 0.111. The van der Waals surface area contributed by atoms with Gasteiger partial charge < -0.3 is 10.6 Å². The molecule has 0 spiro atoms. The van der Waals surface area contributed by atoms with E-state index in [1.54, 1.807) is 35.1 Å². The fourth-order valence-corrected chi connectivity index (χ4v) is 2.37. The highest BCUT2D eigenvalue weighted by molar-refractivity contribution is 5.94. The standard InChI is InChI=1S/C18H17N5O3/c24-18(14-2-6-16(7-3-14)22-13-1-10-21-22)20-12-11-19-15-4-8-17(9-5-15)23(25)26/h1-10,13,19H,11-12H2,(H,20,24). The molecule has 0 fully saturated rings. The number of nitrogens with one attached hydrogen (secondary N) is 2. The van der Waals surface area contributed by atoms with Crippen LogP contribution in [0, 0.1) is 10.1 Å². The summed E-state index contributed by atoms with van der Waals surface area (Å²) >= 11 is 0. The highest BCUT2D eigenvalue weighted by Crippen LogP contribution is 2.15. The van der Waals surface area contributed by atoms with Crippen molar-refractivity contribution in [3.05, 3.63) is 82.7 Å². The lowest BCUT2D eigenvalue weighted by Gasteiger charge is -2.08. The second-order valence-corrected chi connectivity index (χ2v) is 5.48. The van der Waals surface area contributed by atoms with Crippen LogP contribution in [-0.2, 0) is 0 Å². The van der Waals surface area contributed by atoms with Gasteiger partial charge in [-0.1, -0.05) is 0 Å². The van der Waals surface area contributed by atoms with E-state index in [-0.39, 0.29) is 11.6 Å². The maximum atomic E-state index is 12.1. The van der Waals surface area contributed by atoms with Crippen molar-refractivity contribution >= 4 is 17.3 Å². The van der Waals surface area contributed by atoms with E-state index in [0.717, 1.165) is 11.4 Å². The lowest BCUT2D eigenvalue weighted by Crippen LogP contribution is -2.28. The van der Waals surface area contributed by atoms with Crippen LogP contribution in [0.3, 0.4) is 0 Å². The van der Waals surface area contributed by atoms with Crippen molar-refractivity contribution < 1.29 is 9.72 Å². The second-order valence-electron chi connectivity index (χ2n) is 5.48. The molecule has 1 aromatic heterocycles. The number of nitro groups is 1. The van der Waals surface area contributed by atoms with Crippen molar-refractivity contribution in [1.29, 1.82) is 0 Å². The van der Waals surface area contributed by atoms with Gasteiger partial charge in [0.05, 0.1) is 10.6 Å². The maximum Gasteiger partial charge on any atom is 0.269 e. The van der Waals surface area contributed by atoms with Crippen molar-refractivity contribution in [2.45, 2.75) is 0 Å². The molecule has 0 atom stereocenters. The van der Waals surface area contributed by atoms with Gasteiger partial charge in [0.15, 0.2) is 0 Å². The van der Waals surface area contributed by atoms with Crippen LogP contribution in [0.1, 0.15) is 10.4 Å². The summed E-state index contributed by atoms with van der Waals surface area (Å²) in [4.78, 5) is 22.3. The Hall–Kier alpha value is -3.68. The molecule has 0 aliphatic heterocycles. The topological polar surface area (TPSA) is 102 Å². The summed E-state index contributed by atoms with van der Waals surface area (Å²) in [6.45, 7) is 0.936. The third-order valence-corrected chi connectivity index (χ3v) is 3.72. The SMILES string of the molecule is O=C(NCCNc1ccc([N+](=O)[O-])cc1)c1ccc(-n2cccn2)cc1. The van der Waals surface area contributed by atoms with E-state index >= 15 is 0 Å². The Labute approximate surface area is 149 Å². The number of non-ortho nitro benzene ring substituents is 1. The van der Waals surface area contributed by atoms with Gasteiger partial charge in [-0.3, -0.25) is 14.9 Å². The zero-order valence-electron chi connectivity index (χ0n) is 13.8. The van der Waals surface area contributed by atoms with Gasteiger partial charge in [-0.25, -0.2) is 4.68 Å². The summed E-state index contributed by atoms with van der Waals surface area (Å²) < 4.78 is 1.72. The number of hydrogen-bond donors (Lipinski definition) is 2. The minimum absolute atomic E-state index is 0.0439. The molecule has 0 bridgehead atoms. The van der Waals surface area contributed by atoms with E-state index in [1.165, 1.54) is 12.1 Å². The molecule has 1 amide bonds. The molecule has 1 heterocycles. The van der Waals surface area contributed by atoms with E-state index in [1.807, 2.05) is 24.4 Å². The number of nitrogens with zero attached hydrogens (tertiary/aromatic N) is 3. The first-order chi connectivity index (χ1) is 12.6. The Morgan fingerprint density at radius 3 is 2.42 bits per heavy atom. The van der Waals surface area contributed by atoms with Crippen LogP contribution < -0.4 is 10.6 Å². The van der Waals surface area contributed by atoms with E-state index in [2.05, 4.69) is 15.7 Å². The number of anilines is 1. The van der Waals surface area contributed by atoms with Gasteiger partial charge in [0, 0.05) is 48.9 Å². The summed E-state index contributed by atoms with van der Waals surface area (Å²) in [6.07, 6.45) is 3.53. The van der Waals surface area contributed by atoms with Gasteiger partial charge in [0.2, 0.25) is 0 Å². The highest BCUT2D eigenvalue weighted by atomic mass is 16.6. The van der Waals surface area contributed by atoms with Gasteiger partial charge in [-0.05, 0) is 42.5 Å². The molecule has 8 heteroatoms. The lowest BCUT2D eigenvalue weighted by atomic mass is 10.2. The number of amides is 1. The molecule has 0 aliphatic carbocycles. The number of carbonyl (C=O) groups is 1. The maximum absolute atomic E-state index is 12.1. The quantitative estimate of drug-likeness (QED) is 0.387. The molecule has 3 rings (SSSR count). The summed E-state index contributed by atoms with van der Waals surface area (Å²) in [7, 11) is 0. The van der Waals surface area contributed by atoms with Crippen molar-refractivity contribution in [2.75, 3.05) is 18.4 Å². The van der Waals surface area contributed by atoms with Crippen molar-refractivity contribution in [3.63, 3.8) is 0 Å². The van der Waals surface area contributed by atoms with E-state index in [0.29, 0.717) is 18.7 Å². The van der Waals surface area contributed by atoms with E-state index in [4.69, 9.17) is 0 Å². The molecule has 0 unspecified atom stereocenters. The summed E-state index contributed by atoms with van der Waals surface area (Å²) in [5.74, 6) is -0.164. The van der Waals surface area contributed by atoms with Gasteiger partial charge in [0.25, 0.3) is 11.6 Å². The number of nitro benzene ring substituents is 1. The Morgan fingerprint density at radius 1 is 1.08 bits per heavy atom. The molecule has 0 radical (unpaired) electrons. The summed E-state index contributed by atoms with van der Waals surface area (Å²) in [5.41, 5.74) is 2.25. The summed E-state index contributed by atoms with van der Waals surface area (Å²) in [6, 6.07) is 15.1. The van der Waals surface area contributed by atoms with Gasteiger partial charge >= 0.3 is 0 Å². The van der Waals surface area contributed by atoms with Crippen LogP contribution in [0.25, 0.3) is 5.69 Å². The molecular formula is C18H17N5O3. The van der Waals surface area contributed by atoms with Crippen molar-refractivity contribution in [2.24, 2.45) is 0 Å². The normalized spacial score (nSPS) is 10.3. The Kier molecular flexibility index (Phi) is 5.23. The van der Waals surface area contributed by atoms with Crippen LogP contribution in [-0.4, -0.2) is 33.7 Å². The minimum Gasteiger partial charge on any atom is -0.383 e. The Morgan fingerprint density at radius 2 is 1.81 bits per heavy atom. The van der Waals surface area contributed by atoms with Crippen LogP contribution >= 0.6 is 0 Å². The van der Waals surface area contributed by atoms with Gasteiger partial charge in [-0.2, -0.15) is 5.10 Å². The molecule has 2 aromatic carbocycles. The van der Waals surface area contributed by atoms with Crippen LogP contribution in [0.15, 0.2) is 67.0 Å². The average Bonchev–Trinajstić information content (AvgIpc) is 3.20. The van der Waals surface area contributed by atoms with Gasteiger partial charge in [-0.15, -0.1) is 0 Å². The molecule has 8 nitrogen and oxygen atoms in total. The number of carbonyl (C=O) groups excluding carboxylic acids is 1. The van der Waals surface area contributed by atoms with Crippen LogP contribution in [0.4, 0.5) is 11.4 Å². The lowest BCUT2D eigenvalue weighted by molar-refractivity contribution is -0.384. The van der Waals surface area contributed by atoms with E-state index in [9.17, 15) is 14.9 Å². The molecule has 26 heavy (non-hydrogen) atoms. The minimum atomic E-state index is -0.443. The first kappa shape index (κ1) is 17.2. The monoisotopic (exact) mass is 351 g/mol. The molecule has 0 saturated heterocycles. The first-order valence-corrected chi connectivity index (χ1v) is 8.00. The first-order valence-electron chi connectivity index (χ1n) is 8.00. The predicted molar refractivity (Wildman–Crippen MR) is 97.5 cm³/mol.